The molecule has 2 aromatic carbocycles. The summed E-state index contributed by atoms with van der Waals surface area (Å²) in [6, 6.07) is 16.6. The molecule has 180 valence electrons. The first-order valence-electron chi connectivity index (χ1n) is 11.9. The number of likely N-dealkylation sites (N-methyl/N-ethyl adjacent to an activating group) is 1. The van der Waals surface area contributed by atoms with Crippen LogP contribution in [0.15, 0.2) is 65.3 Å². The average Bonchev–Trinajstić information content (AvgIpc) is 3.29. The second kappa shape index (κ2) is 10.9. The van der Waals surface area contributed by atoms with Gasteiger partial charge in [0, 0.05) is 25.2 Å². The van der Waals surface area contributed by atoms with Crippen molar-refractivity contribution >= 4 is 5.91 Å². The normalized spacial score (nSPS) is 15.8. The Kier molecular flexibility index (Phi) is 7.68. The fourth-order valence-corrected chi connectivity index (χ4v) is 5.03. The van der Waals surface area contributed by atoms with Gasteiger partial charge in [0.05, 0.1) is 18.9 Å². The molecular weight excluding hydrogens is 431 g/mol. The van der Waals surface area contributed by atoms with E-state index in [-0.39, 0.29) is 23.7 Å². The molecule has 1 fully saturated rings. The first kappa shape index (κ1) is 24.0. The smallest absolute Gasteiger partial charge is 0.257 e. The zero-order chi connectivity index (χ0) is 24.1. The maximum atomic E-state index is 14.6. The molecule has 2 heterocycles. The van der Waals surface area contributed by atoms with Crippen LogP contribution in [0.3, 0.4) is 0 Å². The van der Waals surface area contributed by atoms with Gasteiger partial charge in [-0.05, 0) is 69.0 Å². The minimum atomic E-state index is -0.221. The van der Waals surface area contributed by atoms with Crippen molar-refractivity contribution in [1.82, 2.24) is 9.80 Å². The third-order valence-corrected chi connectivity index (χ3v) is 7.06. The van der Waals surface area contributed by atoms with Gasteiger partial charge in [0.15, 0.2) is 0 Å². The fourth-order valence-electron chi connectivity index (χ4n) is 5.03. The standard InChI is InChI=1S/C28H33FN2O3/c1-20-24(14-17-34-20)28(32)30(2)26(18-22-8-4-6-10-25(22)29)21-12-15-31(16-13-21)19-23-9-5-7-11-27(23)33-3/h4-11,14,17,21,26H,12-13,15-16,18-19H2,1-3H3. The van der Waals surface area contributed by atoms with Crippen LogP contribution in [0.4, 0.5) is 4.39 Å². The molecule has 1 aliphatic rings. The predicted molar refractivity (Wildman–Crippen MR) is 130 cm³/mol. The van der Waals surface area contributed by atoms with Crippen LogP contribution in [-0.2, 0) is 13.0 Å². The summed E-state index contributed by atoms with van der Waals surface area (Å²) >= 11 is 0. The molecule has 1 aromatic heterocycles. The first-order chi connectivity index (χ1) is 16.5. The van der Waals surface area contributed by atoms with E-state index in [1.165, 1.54) is 11.6 Å². The van der Waals surface area contributed by atoms with Crippen LogP contribution in [0.2, 0.25) is 0 Å². The van der Waals surface area contributed by atoms with E-state index in [4.69, 9.17) is 9.15 Å². The highest BCUT2D eigenvalue weighted by Gasteiger charge is 2.33. The Balaban J connectivity index is 1.49. The van der Waals surface area contributed by atoms with Crippen molar-refractivity contribution in [3.05, 3.63) is 89.1 Å². The Morgan fingerprint density at radius 3 is 2.44 bits per heavy atom. The predicted octanol–water partition coefficient (Wildman–Crippen LogP) is 5.33. The summed E-state index contributed by atoms with van der Waals surface area (Å²) in [5.41, 5.74) is 2.39. The van der Waals surface area contributed by atoms with Crippen LogP contribution in [0, 0.1) is 18.7 Å². The molecule has 0 aliphatic carbocycles. The summed E-state index contributed by atoms with van der Waals surface area (Å²) in [5, 5.41) is 0. The number of carbonyl (C=O) groups is 1. The van der Waals surface area contributed by atoms with E-state index < -0.39 is 0 Å². The molecule has 1 unspecified atom stereocenters. The largest absolute Gasteiger partial charge is 0.496 e. The molecule has 1 atom stereocenters. The molecule has 4 rings (SSSR count). The van der Waals surface area contributed by atoms with Crippen molar-refractivity contribution in [3.8, 4) is 5.75 Å². The molecule has 0 spiro atoms. The van der Waals surface area contributed by atoms with Crippen molar-refractivity contribution < 1.29 is 18.3 Å². The van der Waals surface area contributed by atoms with Crippen LogP contribution >= 0.6 is 0 Å². The van der Waals surface area contributed by atoms with Crippen LogP contribution in [0.25, 0.3) is 0 Å². The van der Waals surface area contributed by atoms with Crippen molar-refractivity contribution in [2.75, 3.05) is 27.2 Å². The molecule has 1 amide bonds. The van der Waals surface area contributed by atoms with Crippen LogP contribution in [0.1, 0.15) is 40.1 Å². The molecule has 6 heteroatoms. The van der Waals surface area contributed by atoms with Gasteiger partial charge in [0.25, 0.3) is 5.91 Å². The third-order valence-electron chi connectivity index (χ3n) is 7.06. The highest BCUT2D eigenvalue weighted by molar-refractivity contribution is 5.95. The number of hydrogen-bond donors (Lipinski definition) is 0. The SMILES string of the molecule is COc1ccccc1CN1CCC(C(Cc2ccccc2F)N(C)C(=O)c2ccoc2C)CC1. The molecule has 34 heavy (non-hydrogen) atoms. The van der Waals surface area contributed by atoms with Crippen molar-refractivity contribution in [3.63, 3.8) is 0 Å². The van der Waals surface area contributed by atoms with Gasteiger partial charge in [0.2, 0.25) is 0 Å². The number of rotatable bonds is 8. The maximum absolute atomic E-state index is 14.6. The zero-order valence-corrected chi connectivity index (χ0v) is 20.2. The number of piperidine rings is 1. The van der Waals surface area contributed by atoms with E-state index in [9.17, 15) is 9.18 Å². The number of benzene rings is 2. The molecule has 5 nitrogen and oxygen atoms in total. The number of para-hydroxylation sites is 1. The van der Waals surface area contributed by atoms with Crippen molar-refractivity contribution in [2.24, 2.45) is 5.92 Å². The van der Waals surface area contributed by atoms with E-state index in [1.54, 1.807) is 37.3 Å². The number of aryl methyl sites for hydroxylation is 1. The van der Waals surface area contributed by atoms with Crippen LogP contribution in [0.5, 0.6) is 5.75 Å². The lowest BCUT2D eigenvalue weighted by atomic mass is 9.84. The Morgan fingerprint density at radius 1 is 1.12 bits per heavy atom. The number of nitrogens with zero attached hydrogens (tertiary/aromatic N) is 2. The second-order valence-corrected chi connectivity index (χ2v) is 9.09. The lowest BCUT2D eigenvalue weighted by Gasteiger charge is -2.40. The van der Waals surface area contributed by atoms with E-state index >= 15 is 0 Å². The van der Waals surface area contributed by atoms with Gasteiger partial charge in [-0.25, -0.2) is 4.39 Å². The van der Waals surface area contributed by atoms with E-state index in [1.807, 2.05) is 37.4 Å². The van der Waals surface area contributed by atoms with E-state index in [0.29, 0.717) is 23.3 Å². The third kappa shape index (κ3) is 5.33. The summed E-state index contributed by atoms with van der Waals surface area (Å²) in [6.45, 7) is 4.47. The van der Waals surface area contributed by atoms with Crippen molar-refractivity contribution in [1.29, 1.82) is 0 Å². The Labute approximate surface area is 201 Å². The topological polar surface area (TPSA) is 45.9 Å². The highest BCUT2D eigenvalue weighted by Crippen LogP contribution is 2.30. The monoisotopic (exact) mass is 464 g/mol. The Morgan fingerprint density at radius 2 is 1.79 bits per heavy atom. The van der Waals surface area contributed by atoms with Gasteiger partial charge in [0.1, 0.15) is 17.3 Å². The number of amides is 1. The van der Waals surface area contributed by atoms with Gasteiger partial charge in [-0.2, -0.15) is 0 Å². The number of likely N-dealkylation sites (tertiary alicyclic amines) is 1. The molecular formula is C28H33FN2O3. The Bertz CT molecular complexity index is 1100. The second-order valence-electron chi connectivity index (χ2n) is 9.09. The summed E-state index contributed by atoms with van der Waals surface area (Å²) in [5.74, 6) is 1.48. The van der Waals surface area contributed by atoms with Gasteiger partial charge >= 0.3 is 0 Å². The molecule has 1 saturated heterocycles. The number of halogens is 1. The molecule has 3 aromatic rings. The number of hydrogen-bond acceptors (Lipinski definition) is 4. The minimum Gasteiger partial charge on any atom is -0.496 e. The molecule has 0 saturated carbocycles. The van der Waals surface area contributed by atoms with Gasteiger partial charge in [-0.3, -0.25) is 9.69 Å². The summed E-state index contributed by atoms with van der Waals surface area (Å²) in [7, 11) is 3.54. The molecule has 0 radical (unpaired) electrons. The van der Waals surface area contributed by atoms with Crippen LogP contribution in [-0.4, -0.2) is 49.0 Å². The number of furan rings is 1. The quantitative estimate of drug-likeness (QED) is 0.452. The molecule has 0 N–H and O–H groups in total. The summed E-state index contributed by atoms with van der Waals surface area (Å²) in [6.07, 6.45) is 3.91. The number of methoxy groups -OCH3 is 1. The average molecular weight is 465 g/mol. The summed E-state index contributed by atoms with van der Waals surface area (Å²) in [4.78, 5) is 17.5. The van der Waals surface area contributed by atoms with Crippen molar-refractivity contribution in [2.45, 2.75) is 38.8 Å². The number of ether oxygens (including phenoxy) is 1. The van der Waals surface area contributed by atoms with Gasteiger partial charge in [-0.1, -0.05) is 36.4 Å². The van der Waals surface area contributed by atoms with E-state index in [2.05, 4.69) is 11.0 Å². The lowest BCUT2D eigenvalue weighted by molar-refractivity contribution is 0.0581. The number of carbonyl (C=O) groups excluding carboxylic acids is 1. The van der Waals surface area contributed by atoms with E-state index in [0.717, 1.165) is 38.2 Å². The lowest BCUT2D eigenvalue weighted by Crippen LogP contribution is -2.47. The molecule has 1 aliphatic heterocycles. The first-order valence-corrected chi connectivity index (χ1v) is 11.9. The van der Waals surface area contributed by atoms with Gasteiger partial charge in [-0.15, -0.1) is 0 Å². The summed E-state index contributed by atoms with van der Waals surface area (Å²) < 4.78 is 25.4. The maximum Gasteiger partial charge on any atom is 0.257 e. The zero-order valence-electron chi connectivity index (χ0n) is 20.2. The molecule has 0 bridgehead atoms. The Hall–Kier alpha value is -3.12. The highest BCUT2D eigenvalue weighted by atomic mass is 19.1. The fraction of sp³-hybridized carbons (Fsp3) is 0.393. The van der Waals surface area contributed by atoms with Gasteiger partial charge < -0.3 is 14.1 Å². The minimum absolute atomic E-state index is 0.0796. The van der Waals surface area contributed by atoms with Crippen LogP contribution < -0.4 is 4.74 Å².